The Kier molecular flexibility index (Phi) is 5.97. The van der Waals surface area contributed by atoms with Gasteiger partial charge in [-0.05, 0) is 12.5 Å². The van der Waals surface area contributed by atoms with Crippen molar-refractivity contribution in [2.75, 3.05) is 31.2 Å². The number of hydrogen-bond acceptors (Lipinski definition) is 7. The number of benzene rings is 1. The summed E-state index contributed by atoms with van der Waals surface area (Å²) in [5.41, 5.74) is 5.28. The molecule has 150 valence electrons. The Balaban J connectivity index is 1.35. The molecule has 0 unspecified atom stereocenters. The van der Waals surface area contributed by atoms with E-state index in [0.29, 0.717) is 30.3 Å². The summed E-state index contributed by atoms with van der Waals surface area (Å²) < 4.78 is 7.20. The Morgan fingerprint density at radius 3 is 2.90 bits per heavy atom. The number of anilines is 1. The van der Waals surface area contributed by atoms with Crippen LogP contribution in [-0.4, -0.2) is 53.2 Å². The molecule has 1 aromatic carbocycles. The van der Waals surface area contributed by atoms with E-state index in [1.54, 1.807) is 12.4 Å². The van der Waals surface area contributed by atoms with Crippen molar-refractivity contribution in [3.63, 3.8) is 0 Å². The number of amides is 1. The second-order valence-electron chi connectivity index (χ2n) is 6.67. The van der Waals surface area contributed by atoms with Crippen molar-refractivity contribution in [3.8, 4) is 0 Å². The minimum atomic E-state index is -0.257. The molecule has 3 aromatic rings. The molecule has 9 heteroatoms. The molecule has 1 aliphatic heterocycles. The van der Waals surface area contributed by atoms with Gasteiger partial charge in [-0.2, -0.15) is 10.2 Å². The number of hydrogen-bond donors (Lipinski definition) is 1. The summed E-state index contributed by atoms with van der Waals surface area (Å²) in [6.45, 7) is 5.47. The molecule has 0 atom stereocenters. The summed E-state index contributed by atoms with van der Waals surface area (Å²) in [5, 5.41) is 9.24. The standard InChI is InChI=1S/C20H22N6O2S/c1-15-18(29-20(23-15)25-7-9-28-10-8-25)19(27)24-21-11-17-12-22-26(14-17)13-16-5-3-2-4-6-16/h2-6,11-12,14H,7-10,13H2,1H3,(H,24,27)/b21-11-. The van der Waals surface area contributed by atoms with E-state index in [-0.39, 0.29) is 5.91 Å². The molecular formula is C20H22N6O2S. The average Bonchev–Trinajstić information content (AvgIpc) is 3.36. The fourth-order valence-corrected chi connectivity index (χ4v) is 4.01. The molecule has 0 radical (unpaired) electrons. The Morgan fingerprint density at radius 1 is 1.31 bits per heavy atom. The maximum Gasteiger partial charge on any atom is 0.283 e. The molecule has 0 bridgehead atoms. The lowest BCUT2D eigenvalue weighted by atomic mass is 10.2. The molecule has 1 aliphatic rings. The quantitative estimate of drug-likeness (QED) is 0.498. The first-order valence-corrected chi connectivity index (χ1v) is 10.2. The molecule has 1 amide bonds. The van der Waals surface area contributed by atoms with Crippen LogP contribution in [0.1, 0.15) is 26.5 Å². The molecule has 1 fully saturated rings. The van der Waals surface area contributed by atoms with Crippen LogP contribution in [0, 0.1) is 6.92 Å². The maximum atomic E-state index is 12.5. The molecule has 8 nitrogen and oxygen atoms in total. The SMILES string of the molecule is Cc1nc(N2CCOCC2)sc1C(=O)N/N=C\c1cnn(Cc2ccccc2)c1. The normalized spacial score (nSPS) is 14.4. The highest BCUT2D eigenvalue weighted by Gasteiger charge is 2.20. The van der Waals surface area contributed by atoms with Gasteiger partial charge in [-0.25, -0.2) is 10.4 Å². The van der Waals surface area contributed by atoms with Gasteiger partial charge in [0.2, 0.25) is 0 Å². The van der Waals surface area contributed by atoms with Crippen molar-refractivity contribution in [1.82, 2.24) is 20.2 Å². The van der Waals surface area contributed by atoms with E-state index in [1.807, 2.05) is 36.0 Å². The Labute approximate surface area is 172 Å². The molecule has 0 saturated carbocycles. The number of ether oxygens (including phenoxy) is 1. The Hall–Kier alpha value is -3.04. The third kappa shape index (κ3) is 4.87. The molecular weight excluding hydrogens is 388 g/mol. The molecule has 4 rings (SSSR count). The highest BCUT2D eigenvalue weighted by molar-refractivity contribution is 7.17. The number of aryl methyl sites for hydroxylation is 1. The number of thiazole rings is 1. The average molecular weight is 411 g/mol. The van der Waals surface area contributed by atoms with Crippen LogP contribution in [-0.2, 0) is 11.3 Å². The monoisotopic (exact) mass is 410 g/mol. The summed E-state index contributed by atoms with van der Waals surface area (Å²) in [4.78, 5) is 19.7. The van der Waals surface area contributed by atoms with Crippen LogP contribution in [0.4, 0.5) is 5.13 Å². The highest BCUT2D eigenvalue weighted by atomic mass is 32.1. The summed E-state index contributed by atoms with van der Waals surface area (Å²) in [5.74, 6) is -0.257. The topological polar surface area (TPSA) is 84.6 Å². The van der Waals surface area contributed by atoms with Crippen LogP contribution in [0.2, 0.25) is 0 Å². The van der Waals surface area contributed by atoms with Crippen molar-refractivity contribution >= 4 is 28.6 Å². The molecule has 3 heterocycles. The number of nitrogens with one attached hydrogen (secondary N) is 1. The summed E-state index contributed by atoms with van der Waals surface area (Å²) in [6.07, 6.45) is 5.19. The van der Waals surface area contributed by atoms with E-state index in [2.05, 4.69) is 37.6 Å². The lowest BCUT2D eigenvalue weighted by molar-refractivity contribution is 0.0958. The van der Waals surface area contributed by atoms with Gasteiger partial charge in [-0.1, -0.05) is 41.7 Å². The first kappa shape index (κ1) is 19.3. The number of nitrogens with zero attached hydrogens (tertiary/aromatic N) is 5. The van der Waals surface area contributed by atoms with E-state index in [0.717, 1.165) is 23.8 Å². The molecule has 2 aromatic heterocycles. The second kappa shape index (κ2) is 8.97. The number of morpholine rings is 1. The third-order valence-corrected chi connectivity index (χ3v) is 5.71. The fourth-order valence-electron chi connectivity index (χ4n) is 3.00. The van der Waals surface area contributed by atoms with Crippen LogP contribution in [0.15, 0.2) is 47.8 Å². The van der Waals surface area contributed by atoms with E-state index in [4.69, 9.17) is 4.74 Å². The maximum absolute atomic E-state index is 12.5. The zero-order chi connectivity index (χ0) is 20.1. The van der Waals surface area contributed by atoms with E-state index in [9.17, 15) is 4.79 Å². The Morgan fingerprint density at radius 2 is 2.10 bits per heavy atom. The molecule has 0 spiro atoms. The van der Waals surface area contributed by atoms with E-state index >= 15 is 0 Å². The fraction of sp³-hybridized carbons (Fsp3) is 0.300. The van der Waals surface area contributed by atoms with Gasteiger partial charge in [0.25, 0.3) is 5.91 Å². The second-order valence-corrected chi connectivity index (χ2v) is 7.64. The summed E-state index contributed by atoms with van der Waals surface area (Å²) >= 11 is 1.38. The van der Waals surface area contributed by atoms with E-state index in [1.165, 1.54) is 16.9 Å². The summed E-state index contributed by atoms with van der Waals surface area (Å²) in [6, 6.07) is 10.1. The first-order chi connectivity index (χ1) is 14.2. The number of rotatable bonds is 6. The predicted molar refractivity (Wildman–Crippen MR) is 113 cm³/mol. The lowest BCUT2D eigenvalue weighted by Gasteiger charge is -2.25. The van der Waals surface area contributed by atoms with Gasteiger partial charge in [0, 0.05) is 24.8 Å². The van der Waals surface area contributed by atoms with Crippen molar-refractivity contribution < 1.29 is 9.53 Å². The van der Waals surface area contributed by atoms with Crippen molar-refractivity contribution in [2.24, 2.45) is 5.10 Å². The zero-order valence-corrected chi connectivity index (χ0v) is 16.9. The van der Waals surface area contributed by atoms with Crippen LogP contribution < -0.4 is 10.3 Å². The van der Waals surface area contributed by atoms with Gasteiger partial charge in [-0.3, -0.25) is 9.48 Å². The van der Waals surface area contributed by atoms with Gasteiger partial charge >= 0.3 is 0 Å². The van der Waals surface area contributed by atoms with Crippen LogP contribution >= 0.6 is 11.3 Å². The van der Waals surface area contributed by atoms with Crippen LogP contribution in [0.5, 0.6) is 0 Å². The molecule has 1 N–H and O–H groups in total. The minimum Gasteiger partial charge on any atom is -0.378 e. The largest absolute Gasteiger partial charge is 0.378 e. The predicted octanol–water partition coefficient (Wildman–Crippen LogP) is 2.30. The van der Waals surface area contributed by atoms with Crippen molar-refractivity contribution in [1.29, 1.82) is 0 Å². The van der Waals surface area contributed by atoms with Gasteiger partial charge in [0.1, 0.15) is 4.88 Å². The van der Waals surface area contributed by atoms with E-state index < -0.39 is 0 Å². The molecule has 0 aliphatic carbocycles. The summed E-state index contributed by atoms with van der Waals surface area (Å²) in [7, 11) is 0. The smallest absolute Gasteiger partial charge is 0.283 e. The van der Waals surface area contributed by atoms with Gasteiger partial charge in [0.05, 0.1) is 37.9 Å². The number of carbonyl (C=O) groups is 1. The first-order valence-electron chi connectivity index (χ1n) is 9.39. The van der Waals surface area contributed by atoms with Crippen molar-refractivity contribution in [2.45, 2.75) is 13.5 Å². The Bertz CT molecular complexity index is 992. The number of hydrazone groups is 1. The molecule has 1 saturated heterocycles. The highest BCUT2D eigenvalue weighted by Crippen LogP contribution is 2.26. The zero-order valence-electron chi connectivity index (χ0n) is 16.1. The minimum absolute atomic E-state index is 0.257. The third-order valence-electron chi connectivity index (χ3n) is 4.49. The number of aromatic nitrogens is 3. The van der Waals surface area contributed by atoms with Crippen LogP contribution in [0.3, 0.4) is 0 Å². The van der Waals surface area contributed by atoms with Crippen molar-refractivity contribution in [3.05, 3.63) is 64.4 Å². The molecule has 29 heavy (non-hydrogen) atoms. The van der Waals surface area contributed by atoms with Gasteiger partial charge in [0.15, 0.2) is 5.13 Å². The van der Waals surface area contributed by atoms with Crippen LogP contribution in [0.25, 0.3) is 0 Å². The lowest BCUT2D eigenvalue weighted by Crippen LogP contribution is -2.36. The number of carbonyl (C=O) groups excluding carboxylic acids is 1. The van der Waals surface area contributed by atoms with Gasteiger partial charge < -0.3 is 9.64 Å². The van der Waals surface area contributed by atoms with Gasteiger partial charge in [-0.15, -0.1) is 0 Å².